The van der Waals surface area contributed by atoms with E-state index >= 15 is 0 Å². The van der Waals surface area contributed by atoms with Gasteiger partial charge >= 0.3 is 0 Å². The predicted octanol–water partition coefficient (Wildman–Crippen LogP) is 4.86. The Hall–Kier alpha value is -2.55. The molecule has 0 aliphatic rings. The van der Waals surface area contributed by atoms with Gasteiger partial charge in [0.2, 0.25) is 5.91 Å². The number of aryl methyl sites for hydroxylation is 2. The lowest BCUT2D eigenvalue weighted by Crippen LogP contribution is -2.38. The number of carbonyl (C=O) groups excluding carboxylic acids is 1. The summed E-state index contributed by atoms with van der Waals surface area (Å²) in [6.45, 7) is 3.29. The fraction of sp³-hybridized carbons (Fsp3) is 0.190. The van der Waals surface area contributed by atoms with Gasteiger partial charge < -0.3 is 10.1 Å². The van der Waals surface area contributed by atoms with Gasteiger partial charge in [-0.1, -0.05) is 35.9 Å². The van der Waals surface area contributed by atoms with Crippen molar-refractivity contribution in [3.63, 3.8) is 0 Å². The van der Waals surface area contributed by atoms with Gasteiger partial charge in [0.05, 0.1) is 23.5 Å². The number of halogens is 1. The van der Waals surface area contributed by atoms with Crippen molar-refractivity contribution in [2.24, 2.45) is 0 Å². The molecule has 0 unspecified atom stereocenters. The second kappa shape index (κ2) is 9.07. The maximum absolute atomic E-state index is 13.3. The number of thiophene rings is 1. The molecule has 0 saturated heterocycles. The molecule has 30 heavy (non-hydrogen) atoms. The van der Waals surface area contributed by atoms with Crippen molar-refractivity contribution in [3.8, 4) is 5.75 Å². The minimum absolute atomic E-state index is 0.130. The van der Waals surface area contributed by atoms with Gasteiger partial charge in [-0.3, -0.25) is 9.10 Å². The Balaban J connectivity index is 1.99. The average Bonchev–Trinajstić information content (AvgIpc) is 3.24. The number of hydrogen-bond donors (Lipinski definition) is 1. The zero-order chi connectivity index (χ0) is 21.9. The summed E-state index contributed by atoms with van der Waals surface area (Å²) < 4.78 is 33.1. The van der Waals surface area contributed by atoms with Crippen molar-refractivity contribution in [2.45, 2.75) is 18.1 Å². The molecule has 1 N–H and O–H groups in total. The molecule has 158 valence electrons. The largest absolute Gasteiger partial charge is 0.495 e. The zero-order valence-corrected chi connectivity index (χ0v) is 19.1. The van der Waals surface area contributed by atoms with E-state index in [1.54, 1.807) is 41.8 Å². The maximum atomic E-state index is 13.3. The monoisotopic (exact) mass is 464 g/mol. The molecule has 0 aliphatic carbocycles. The van der Waals surface area contributed by atoms with E-state index in [0.29, 0.717) is 16.5 Å². The Labute approximate surface area is 185 Å². The topological polar surface area (TPSA) is 75.7 Å². The number of rotatable bonds is 7. The van der Waals surface area contributed by atoms with Crippen LogP contribution >= 0.6 is 22.9 Å². The number of anilines is 2. The lowest BCUT2D eigenvalue weighted by Gasteiger charge is -2.25. The van der Waals surface area contributed by atoms with E-state index < -0.39 is 22.5 Å². The smallest absolute Gasteiger partial charge is 0.274 e. The molecular weight excluding hydrogens is 444 g/mol. The highest BCUT2D eigenvalue weighted by Gasteiger charge is 2.30. The van der Waals surface area contributed by atoms with E-state index in [1.807, 2.05) is 19.9 Å². The molecule has 2 aromatic carbocycles. The quantitative estimate of drug-likeness (QED) is 0.541. The number of sulfonamides is 1. The van der Waals surface area contributed by atoms with Crippen LogP contribution in [0.1, 0.15) is 11.1 Å². The molecule has 0 spiro atoms. The van der Waals surface area contributed by atoms with Crippen LogP contribution < -0.4 is 14.4 Å². The van der Waals surface area contributed by atoms with Crippen molar-refractivity contribution >= 4 is 50.2 Å². The number of methoxy groups -OCH3 is 1. The molecule has 0 atom stereocenters. The maximum Gasteiger partial charge on any atom is 0.274 e. The Morgan fingerprint density at radius 1 is 1.17 bits per heavy atom. The highest BCUT2D eigenvalue weighted by atomic mass is 35.5. The van der Waals surface area contributed by atoms with Gasteiger partial charge in [0.25, 0.3) is 10.0 Å². The van der Waals surface area contributed by atoms with Gasteiger partial charge in [-0.25, -0.2) is 8.42 Å². The summed E-state index contributed by atoms with van der Waals surface area (Å²) in [7, 11) is -2.53. The summed E-state index contributed by atoms with van der Waals surface area (Å²) in [6, 6.07) is 13.4. The fourth-order valence-electron chi connectivity index (χ4n) is 3.04. The van der Waals surface area contributed by atoms with Crippen molar-refractivity contribution in [3.05, 3.63) is 70.1 Å². The van der Waals surface area contributed by atoms with Gasteiger partial charge in [-0.15, -0.1) is 11.3 Å². The summed E-state index contributed by atoms with van der Waals surface area (Å²) in [5.41, 5.74) is 2.49. The van der Waals surface area contributed by atoms with Crippen molar-refractivity contribution in [1.82, 2.24) is 0 Å². The number of nitrogens with one attached hydrogen (secondary N) is 1. The summed E-state index contributed by atoms with van der Waals surface area (Å²) in [5, 5.41) is 4.81. The number of nitrogens with zero attached hydrogens (tertiary/aromatic N) is 1. The molecule has 1 aromatic heterocycles. The van der Waals surface area contributed by atoms with Crippen LogP contribution in [-0.4, -0.2) is 28.0 Å². The Morgan fingerprint density at radius 3 is 2.53 bits per heavy atom. The lowest BCUT2D eigenvalue weighted by molar-refractivity contribution is -0.114. The standard InChI is InChI=1S/C21H21ClN2O4S2/c1-14-11-15(2)21(16(22)12-14)23-19(25)13-24(17-7-4-5-8-18(17)28-3)30(26,27)20-9-6-10-29-20/h4-12H,13H2,1-3H3,(H,23,25). The first-order valence-corrected chi connectivity index (χ1v) is 11.7. The van der Waals surface area contributed by atoms with E-state index in [2.05, 4.69) is 5.32 Å². The SMILES string of the molecule is COc1ccccc1N(CC(=O)Nc1c(C)cc(C)cc1Cl)S(=O)(=O)c1cccs1. The summed E-state index contributed by atoms with van der Waals surface area (Å²) in [6.07, 6.45) is 0. The molecule has 1 amide bonds. The van der Waals surface area contributed by atoms with Crippen molar-refractivity contribution < 1.29 is 17.9 Å². The highest BCUT2D eigenvalue weighted by molar-refractivity contribution is 7.94. The van der Waals surface area contributed by atoms with Crippen LogP contribution in [0.15, 0.2) is 58.1 Å². The molecule has 0 saturated carbocycles. The lowest BCUT2D eigenvalue weighted by atomic mass is 10.1. The number of carbonyl (C=O) groups is 1. The first-order chi connectivity index (χ1) is 14.2. The summed E-state index contributed by atoms with van der Waals surface area (Å²) in [4.78, 5) is 12.9. The molecular formula is C21H21ClN2O4S2. The first kappa shape index (κ1) is 22.1. The Bertz CT molecular complexity index is 1140. The van der Waals surface area contributed by atoms with Gasteiger partial charge in [0.1, 0.15) is 16.5 Å². The van der Waals surface area contributed by atoms with Gasteiger partial charge in [0, 0.05) is 0 Å². The molecule has 6 nitrogen and oxygen atoms in total. The molecule has 3 rings (SSSR count). The third-order valence-electron chi connectivity index (χ3n) is 4.38. The van der Waals surface area contributed by atoms with Gasteiger partial charge in [-0.2, -0.15) is 0 Å². The van der Waals surface area contributed by atoms with Crippen LogP contribution in [0.4, 0.5) is 11.4 Å². The van der Waals surface area contributed by atoms with Crippen LogP contribution in [0.25, 0.3) is 0 Å². The van der Waals surface area contributed by atoms with E-state index in [-0.39, 0.29) is 9.90 Å². The van der Waals surface area contributed by atoms with Crippen LogP contribution in [0, 0.1) is 13.8 Å². The fourth-order valence-corrected chi connectivity index (χ4v) is 5.94. The van der Waals surface area contributed by atoms with Crippen molar-refractivity contribution in [1.29, 1.82) is 0 Å². The predicted molar refractivity (Wildman–Crippen MR) is 121 cm³/mol. The normalized spacial score (nSPS) is 11.2. The minimum Gasteiger partial charge on any atom is -0.495 e. The molecule has 0 radical (unpaired) electrons. The number of hydrogen-bond acceptors (Lipinski definition) is 5. The molecule has 1 heterocycles. The number of amides is 1. The highest BCUT2D eigenvalue weighted by Crippen LogP contribution is 2.34. The van der Waals surface area contributed by atoms with Crippen LogP contribution in [0.5, 0.6) is 5.75 Å². The van der Waals surface area contributed by atoms with Gasteiger partial charge in [-0.05, 0) is 54.6 Å². The molecule has 9 heteroatoms. The van der Waals surface area contributed by atoms with E-state index in [9.17, 15) is 13.2 Å². The van der Waals surface area contributed by atoms with Gasteiger partial charge in [0.15, 0.2) is 0 Å². The molecule has 0 fully saturated rings. The average molecular weight is 465 g/mol. The Morgan fingerprint density at radius 2 is 1.90 bits per heavy atom. The summed E-state index contributed by atoms with van der Waals surface area (Å²) >= 11 is 7.37. The third kappa shape index (κ3) is 4.61. The third-order valence-corrected chi connectivity index (χ3v) is 7.81. The molecule has 0 aliphatic heterocycles. The zero-order valence-electron chi connectivity index (χ0n) is 16.7. The van der Waals surface area contributed by atoms with E-state index in [1.165, 1.54) is 13.2 Å². The van der Waals surface area contributed by atoms with Crippen LogP contribution in [-0.2, 0) is 14.8 Å². The van der Waals surface area contributed by atoms with Crippen LogP contribution in [0.2, 0.25) is 5.02 Å². The number of ether oxygens (including phenoxy) is 1. The summed E-state index contributed by atoms with van der Waals surface area (Å²) in [5.74, 6) is -0.176. The van der Waals surface area contributed by atoms with Crippen molar-refractivity contribution in [2.75, 3.05) is 23.3 Å². The minimum atomic E-state index is -3.98. The number of para-hydroxylation sites is 2. The Kier molecular flexibility index (Phi) is 6.70. The second-order valence-corrected chi connectivity index (χ2v) is 10.0. The first-order valence-electron chi connectivity index (χ1n) is 9.00. The van der Waals surface area contributed by atoms with Crippen LogP contribution in [0.3, 0.4) is 0 Å². The number of benzene rings is 2. The van der Waals surface area contributed by atoms with E-state index in [0.717, 1.165) is 26.8 Å². The molecule has 3 aromatic rings. The second-order valence-electron chi connectivity index (χ2n) is 6.60. The van der Waals surface area contributed by atoms with E-state index in [4.69, 9.17) is 16.3 Å². The molecule has 0 bridgehead atoms.